The number of hydrogen-bond donors (Lipinski definition) is 1. The quantitative estimate of drug-likeness (QED) is 0.806. The molecule has 0 bridgehead atoms. The second-order valence-corrected chi connectivity index (χ2v) is 4.74. The van der Waals surface area contributed by atoms with Crippen LogP contribution in [0.25, 0.3) is 0 Å². The van der Waals surface area contributed by atoms with Crippen LogP contribution in [0, 0.1) is 0 Å². The first-order chi connectivity index (χ1) is 10.4. The smallest absolute Gasteiger partial charge is 0.211 e. The Morgan fingerprint density at radius 1 is 1.26 bits per heavy atom. The van der Waals surface area contributed by atoms with E-state index in [0.717, 1.165) is 22.8 Å². The maximum Gasteiger partial charge on any atom is 0.211 e. The summed E-state index contributed by atoms with van der Waals surface area (Å²) in [6.07, 6.45) is 2.46. The van der Waals surface area contributed by atoms with Crippen LogP contribution in [-0.2, 0) is 6.54 Å². The van der Waals surface area contributed by atoms with E-state index < -0.39 is 6.09 Å². The predicted octanol–water partition coefficient (Wildman–Crippen LogP) is 1.21. The van der Waals surface area contributed by atoms with Gasteiger partial charge in [0.25, 0.3) is 0 Å². The first-order valence-electron chi connectivity index (χ1n) is 6.61. The molecule has 0 atom stereocenters. The molecule has 0 radical (unpaired) electrons. The van der Waals surface area contributed by atoms with Gasteiger partial charge in [0.1, 0.15) is 11.8 Å². The number of nitrogens with zero attached hydrogens (tertiary/aromatic N) is 2. The first kappa shape index (κ1) is 20.7. The number of carbonyl (C=O) groups excluding carboxylic acids is 1. The Hall–Kier alpha value is -2.28. The molecule has 1 N–H and O–H groups in total. The normalized spacial score (nSPS) is 9.00. The summed E-state index contributed by atoms with van der Waals surface area (Å²) in [5.74, 6) is 1.13. The standard InChI is InChI=1S/C13H13NO2.C3H7NO2.BrH/c1-16-13-6-4-11(5-7-13)9-14-8-2-3-12(15)10-14;1-4(2)3(5)6;/h2-8,10H,9H2,1H3;1-2H3,(H,5,6);1H. The molecule has 1 aromatic carbocycles. The molecule has 1 heterocycles. The first-order valence-corrected chi connectivity index (χ1v) is 6.61. The number of aromatic nitrogens is 1. The van der Waals surface area contributed by atoms with Crippen molar-refractivity contribution < 1.29 is 24.3 Å². The third-order valence-corrected chi connectivity index (χ3v) is 2.73. The zero-order valence-corrected chi connectivity index (χ0v) is 15.0. The molecule has 1 amide bonds. The maximum absolute atomic E-state index is 9.51. The number of rotatable bonds is 3. The molecule has 2 rings (SSSR count). The fraction of sp³-hybridized carbons (Fsp3) is 0.250. The van der Waals surface area contributed by atoms with Crippen molar-refractivity contribution in [1.82, 2.24) is 4.90 Å². The van der Waals surface area contributed by atoms with Crippen molar-refractivity contribution in [2.24, 2.45) is 0 Å². The van der Waals surface area contributed by atoms with Gasteiger partial charge in [0.15, 0.2) is 18.5 Å². The van der Waals surface area contributed by atoms with Crippen molar-refractivity contribution in [2.45, 2.75) is 6.54 Å². The van der Waals surface area contributed by atoms with Crippen LogP contribution < -0.4 is 14.4 Å². The van der Waals surface area contributed by atoms with Gasteiger partial charge >= 0.3 is 0 Å². The molecule has 23 heavy (non-hydrogen) atoms. The van der Waals surface area contributed by atoms with Gasteiger partial charge in [-0.2, -0.15) is 4.57 Å². The van der Waals surface area contributed by atoms with Crippen molar-refractivity contribution in [1.29, 1.82) is 0 Å². The summed E-state index contributed by atoms with van der Waals surface area (Å²) in [5.41, 5.74) is 1.16. The molecule has 0 aliphatic heterocycles. The largest absolute Gasteiger partial charge is 0.530 e. The van der Waals surface area contributed by atoms with E-state index in [1.807, 2.05) is 41.1 Å². The number of hydrogen-bond acceptors (Lipinski definition) is 4. The molecule has 0 saturated heterocycles. The summed E-state index contributed by atoms with van der Waals surface area (Å²) in [5, 5.41) is 18.8. The van der Waals surface area contributed by atoms with Crippen molar-refractivity contribution >= 4 is 23.1 Å². The van der Waals surface area contributed by atoms with Crippen molar-refractivity contribution in [3.05, 3.63) is 54.4 Å². The minimum Gasteiger partial charge on any atom is -0.530 e. The third kappa shape index (κ3) is 8.06. The summed E-state index contributed by atoms with van der Waals surface area (Å²) in [6, 6.07) is 11.4. The highest BCUT2D eigenvalue weighted by Gasteiger charge is 2.03. The van der Waals surface area contributed by atoms with Crippen LogP contribution in [0.5, 0.6) is 11.5 Å². The Bertz CT molecular complexity index is 603. The van der Waals surface area contributed by atoms with Crippen LogP contribution in [0.4, 0.5) is 4.79 Å². The molecule has 7 heteroatoms. The minimum atomic E-state index is -1.16. The van der Waals surface area contributed by atoms with E-state index in [4.69, 9.17) is 4.74 Å². The second-order valence-electron chi connectivity index (χ2n) is 4.74. The second kappa shape index (κ2) is 10.4. The third-order valence-electron chi connectivity index (χ3n) is 2.73. The van der Waals surface area contributed by atoms with E-state index in [1.54, 1.807) is 19.4 Å². The number of pyridine rings is 1. The lowest BCUT2D eigenvalue weighted by Crippen LogP contribution is -2.35. The topological polar surface area (TPSA) is 76.7 Å². The van der Waals surface area contributed by atoms with E-state index in [2.05, 4.69) is 0 Å². The van der Waals surface area contributed by atoms with Crippen LogP contribution in [-0.4, -0.2) is 37.3 Å². The highest BCUT2D eigenvalue weighted by molar-refractivity contribution is 8.93. The van der Waals surface area contributed by atoms with Crippen LogP contribution in [0.1, 0.15) is 5.56 Å². The highest BCUT2D eigenvalue weighted by atomic mass is 79.9. The lowest BCUT2D eigenvalue weighted by molar-refractivity contribution is -0.688. The predicted molar refractivity (Wildman–Crippen MR) is 89.8 cm³/mol. The average molecular weight is 385 g/mol. The molecule has 0 aliphatic rings. The van der Waals surface area contributed by atoms with Crippen molar-refractivity contribution in [3.8, 4) is 11.5 Å². The lowest BCUT2D eigenvalue weighted by Gasteiger charge is -2.10. The molecule has 0 saturated carbocycles. The van der Waals surface area contributed by atoms with Gasteiger partial charge in [0.05, 0.1) is 7.11 Å². The Morgan fingerprint density at radius 2 is 1.83 bits per heavy atom. The molecule has 0 fully saturated rings. The van der Waals surface area contributed by atoms with Gasteiger partial charge in [-0.05, 0) is 30.3 Å². The monoisotopic (exact) mass is 384 g/mol. The molecule has 126 valence electrons. The summed E-state index contributed by atoms with van der Waals surface area (Å²) in [4.78, 5) is 10.5. The molecule has 2 aromatic rings. The van der Waals surface area contributed by atoms with E-state index in [0.29, 0.717) is 0 Å². The zero-order valence-electron chi connectivity index (χ0n) is 13.3. The molecule has 0 aliphatic carbocycles. The van der Waals surface area contributed by atoms with Crippen molar-refractivity contribution in [2.75, 3.05) is 21.2 Å². The number of methoxy groups -OCH3 is 1. The van der Waals surface area contributed by atoms with Gasteiger partial charge in [0.2, 0.25) is 6.20 Å². The van der Waals surface area contributed by atoms with Crippen LogP contribution >= 0.6 is 17.0 Å². The Morgan fingerprint density at radius 3 is 2.26 bits per heavy atom. The summed E-state index contributed by atoms with van der Waals surface area (Å²) < 4.78 is 7.02. The van der Waals surface area contributed by atoms with E-state index in [-0.39, 0.29) is 22.7 Å². The van der Waals surface area contributed by atoms with Crippen LogP contribution in [0.2, 0.25) is 0 Å². The number of aromatic hydroxyl groups is 1. The number of ether oxygens (including phenoxy) is 1. The van der Waals surface area contributed by atoms with Gasteiger partial charge in [-0.3, -0.25) is 0 Å². The summed E-state index contributed by atoms with van der Waals surface area (Å²) in [6.45, 7) is 0.735. The SMILES string of the molecule is Br.CN(C)C(=O)[O-].COc1ccc(C[n+]2cccc(O)c2)cc1. The van der Waals surface area contributed by atoms with Crippen LogP contribution in [0.3, 0.4) is 0 Å². The Balaban J connectivity index is 0.000000599. The van der Waals surface area contributed by atoms with Gasteiger partial charge in [0, 0.05) is 25.7 Å². The van der Waals surface area contributed by atoms with E-state index in [9.17, 15) is 15.0 Å². The number of halogens is 1. The summed E-state index contributed by atoms with van der Waals surface area (Å²) in [7, 11) is 4.48. The molecular weight excluding hydrogens is 364 g/mol. The molecule has 6 nitrogen and oxygen atoms in total. The zero-order chi connectivity index (χ0) is 16.5. The van der Waals surface area contributed by atoms with Crippen LogP contribution in [0.15, 0.2) is 48.8 Å². The van der Waals surface area contributed by atoms with Crippen molar-refractivity contribution in [3.63, 3.8) is 0 Å². The highest BCUT2D eigenvalue weighted by Crippen LogP contribution is 2.11. The maximum atomic E-state index is 9.51. The average Bonchev–Trinajstić information content (AvgIpc) is 2.48. The molecule has 0 unspecified atom stereocenters. The number of carboxylic acid groups (broad SMARTS) is 1. The molecule has 1 aromatic heterocycles. The molecule has 0 spiro atoms. The number of amides is 1. The Kier molecular flexibility index (Phi) is 9.41. The van der Waals surface area contributed by atoms with Gasteiger partial charge in [-0.1, -0.05) is 0 Å². The minimum absolute atomic E-state index is 0. The van der Waals surface area contributed by atoms with Gasteiger partial charge < -0.3 is 24.6 Å². The summed E-state index contributed by atoms with van der Waals surface area (Å²) >= 11 is 0. The fourth-order valence-electron chi connectivity index (χ4n) is 1.55. The molecular formula is C16H21BrN2O4. The van der Waals surface area contributed by atoms with E-state index in [1.165, 1.54) is 14.1 Å². The number of carbonyl (C=O) groups is 1. The lowest BCUT2D eigenvalue weighted by atomic mass is 10.2. The fourth-order valence-corrected chi connectivity index (χ4v) is 1.55. The van der Waals surface area contributed by atoms with E-state index >= 15 is 0 Å². The van der Waals surface area contributed by atoms with Gasteiger partial charge in [-0.15, -0.1) is 17.0 Å². The number of benzene rings is 1. The van der Waals surface area contributed by atoms with Gasteiger partial charge in [-0.25, -0.2) is 0 Å². The Labute approximate surface area is 146 Å².